The first-order chi connectivity index (χ1) is 13.0. The average Bonchev–Trinajstić information content (AvgIpc) is 2.71. The van der Waals surface area contributed by atoms with Gasteiger partial charge in [-0.05, 0) is 29.7 Å². The molecule has 6 heteroatoms. The monoisotopic (exact) mass is 494 g/mol. The summed E-state index contributed by atoms with van der Waals surface area (Å²) >= 11 is 0. The molecule has 0 aliphatic carbocycles. The number of nitrogens with one attached hydrogen (secondary N) is 2. The molecule has 0 saturated carbocycles. The Morgan fingerprint density at radius 1 is 1.04 bits per heavy atom. The van der Waals surface area contributed by atoms with Gasteiger partial charge in [0.05, 0.1) is 0 Å². The zero-order valence-corrected chi connectivity index (χ0v) is 19.4. The number of guanidine groups is 1. The highest BCUT2D eigenvalue weighted by molar-refractivity contribution is 14.0. The summed E-state index contributed by atoms with van der Waals surface area (Å²) in [6, 6.07) is 18.2. The van der Waals surface area contributed by atoms with Crippen molar-refractivity contribution in [2.75, 3.05) is 27.7 Å². The number of benzene rings is 2. The zero-order chi connectivity index (χ0) is 19.6. The normalized spacial score (nSPS) is 11.9. The predicted octanol–water partition coefficient (Wildman–Crippen LogP) is 3.87. The second-order valence-corrected chi connectivity index (χ2v) is 6.72. The molecule has 0 aliphatic rings. The fraction of sp³-hybridized carbons (Fsp3) is 0.364. The SMILES string of the molecule is CCC(CNC(=NC)NCc1ccc(C(=O)N(C)C)cc1)c1ccccc1.I. The Morgan fingerprint density at radius 3 is 2.21 bits per heavy atom. The summed E-state index contributed by atoms with van der Waals surface area (Å²) in [7, 11) is 5.29. The second-order valence-electron chi connectivity index (χ2n) is 6.72. The summed E-state index contributed by atoms with van der Waals surface area (Å²) in [6.07, 6.45) is 1.06. The number of carbonyl (C=O) groups is 1. The minimum absolute atomic E-state index is 0. The number of aliphatic imine (C=N–C) groups is 1. The van der Waals surface area contributed by atoms with Crippen LogP contribution in [0.2, 0.25) is 0 Å². The third-order valence-electron chi connectivity index (χ3n) is 4.57. The van der Waals surface area contributed by atoms with Gasteiger partial charge in [-0.3, -0.25) is 9.79 Å². The van der Waals surface area contributed by atoms with Crippen molar-refractivity contribution in [3.8, 4) is 0 Å². The molecule has 0 radical (unpaired) electrons. The largest absolute Gasteiger partial charge is 0.356 e. The van der Waals surface area contributed by atoms with Crippen LogP contribution in [-0.2, 0) is 6.54 Å². The van der Waals surface area contributed by atoms with E-state index in [2.05, 4.69) is 46.8 Å². The van der Waals surface area contributed by atoms with Crippen LogP contribution in [0.4, 0.5) is 0 Å². The van der Waals surface area contributed by atoms with Crippen LogP contribution in [0, 0.1) is 0 Å². The van der Waals surface area contributed by atoms with Crippen LogP contribution in [0.15, 0.2) is 59.6 Å². The lowest BCUT2D eigenvalue weighted by molar-refractivity contribution is 0.0827. The summed E-state index contributed by atoms with van der Waals surface area (Å²) in [5.41, 5.74) is 3.13. The number of hydrogen-bond donors (Lipinski definition) is 2. The maximum atomic E-state index is 11.9. The van der Waals surface area contributed by atoms with E-state index in [1.807, 2.05) is 30.3 Å². The molecule has 1 amide bonds. The molecule has 2 N–H and O–H groups in total. The number of amides is 1. The van der Waals surface area contributed by atoms with E-state index in [4.69, 9.17) is 0 Å². The number of halogens is 1. The Hall–Kier alpha value is -2.09. The Labute approximate surface area is 185 Å². The van der Waals surface area contributed by atoms with Crippen molar-refractivity contribution in [3.63, 3.8) is 0 Å². The number of rotatable bonds is 7. The Morgan fingerprint density at radius 2 is 1.68 bits per heavy atom. The smallest absolute Gasteiger partial charge is 0.253 e. The third-order valence-corrected chi connectivity index (χ3v) is 4.57. The summed E-state index contributed by atoms with van der Waals surface area (Å²) in [5.74, 6) is 1.23. The molecule has 5 nitrogen and oxygen atoms in total. The van der Waals surface area contributed by atoms with Crippen LogP contribution in [0.5, 0.6) is 0 Å². The molecular formula is C22H31IN4O. The van der Waals surface area contributed by atoms with Crippen molar-refractivity contribution >= 4 is 35.8 Å². The molecule has 0 heterocycles. The molecule has 0 saturated heterocycles. The van der Waals surface area contributed by atoms with Crippen molar-refractivity contribution in [2.45, 2.75) is 25.8 Å². The van der Waals surface area contributed by atoms with Crippen molar-refractivity contribution < 1.29 is 4.79 Å². The van der Waals surface area contributed by atoms with E-state index in [-0.39, 0.29) is 29.9 Å². The quantitative estimate of drug-likeness (QED) is 0.349. The summed E-state index contributed by atoms with van der Waals surface area (Å²) in [5, 5.41) is 6.74. The number of carbonyl (C=O) groups excluding carboxylic acids is 1. The molecule has 0 aliphatic heterocycles. The lowest BCUT2D eigenvalue weighted by atomic mass is 9.97. The molecule has 0 fully saturated rings. The standard InChI is InChI=1S/C22H30N4O.HI/c1-5-18(19-9-7-6-8-10-19)16-25-22(23-2)24-15-17-11-13-20(14-12-17)21(27)26(3)4;/h6-14,18H,5,15-16H2,1-4H3,(H2,23,24,25);1H. The highest BCUT2D eigenvalue weighted by Crippen LogP contribution is 2.17. The number of nitrogens with zero attached hydrogens (tertiary/aromatic N) is 2. The maximum Gasteiger partial charge on any atom is 0.253 e. The van der Waals surface area contributed by atoms with Crippen LogP contribution in [0.3, 0.4) is 0 Å². The van der Waals surface area contributed by atoms with E-state index < -0.39 is 0 Å². The van der Waals surface area contributed by atoms with E-state index >= 15 is 0 Å². The van der Waals surface area contributed by atoms with Gasteiger partial charge in [0.15, 0.2) is 5.96 Å². The van der Waals surface area contributed by atoms with E-state index in [1.54, 1.807) is 26.0 Å². The third kappa shape index (κ3) is 7.14. The van der Waals surface area contributed by atoms with Crippen LogP contribution >= 0.6 is 24.0 Å². The van der Waals surface area contributed by atoms with E-state index in [9.17, 15) is 4.79 Å². The van der Waals surface area contributed by atoms with Crippen LogP contribution < -0.4 is 10.6 Å². The Kier molecular flexibility index (Phi) is 10.6. The lowest BCUT2D eigenvalue weighted by Gasteiger charge is -2.18. The predicted molar refractivity (Wildman–Crippen MR) is 128 cm³/mol. The summed E-state index contributed by atoms with van der Waals surface area (Å²) in [4.78, 5) is 17.8. The minimum Gasteiger partial charge on any atom is -0.356 e. The van der Waals surface area contributed by atoms with Gasteiger partial charge in [-0.1, -0.05) is 49.4 Å². The van der Waals surface area contributed by atoms with E-state index in [1.165, 1.54) is 5.56 Å². The summed E-state index contributed by atoms with van der Waals surface area (Å²) in [6.45, 7) is 3.68. The fourth-order valence-corrected chi connectivity index (χ4v) is 2.87. The second kappa shape index (κ2) is 12.4. The van der Waals surface area contributed by atoms with Crippen LogP contribution in [-0.4, -0.2) is 44.5 Å². The van der Waals surface area contributed by atoms with Gasteiger partial charge >= 0.3 is 0 Å². The van der Waals surface area contributed by atoms with Crippen molar-refractivity contribution in [1.29, 1.82) is 0 Å². The lowest BCUT2D eigenvalue weighted by Crippen LogP contribution is -2.38. The van der Waals surface area contributed by atoms with Gasteiger partial charge in [-0.15, -0.1) is 24.0 Å². The topological polar surface area (TPSA) is 56.7 Å². The first-order valence-electron chi connectivity index (χ1n) is 9.35. The maximum absolute atomic E-state index is 11.9. The van der Waals surface area contributed by atoms with Gasteiger partial charge in [0.2, 0.25) is 0 Å². The highest BCUT2D eigenvalue weighted by Gasteiger charge is 2.10. The summed E-state index contributed by atoms with van der Waals surface area (Å²) < 4.78 is 0. The minimum atomic E-state index is 0. The molecule has 28 heavy (non-hydrogen) atoms. The van der Waals surface area contributed by atoms with Gasteiger partial charge < -0.3 is 15.5 Å². The van der Waals surface area contributed by atoms with Crippen LogP contribution in [0.25, 0.3) is 0 Å². The zero-order valence-electron chi connectivity index (χ0n) is 17.1. The molecular weight excluding hydrogens is 463 g/mol. The molecule has 152 valence electrons. The van der Waals surface area contributed by atoms with Crippen molar-refractivity contribution in [1.82, 2.24) is 15.5 Å². The fourth-order valence-electron chi connectivity index (χ4n) is 2.87. The van der Waals surface area contributed by atoms with Gasteiger partial charge in [-0.2, -0.15) is 0 Å². The van der Waals surface area contributed by atoms with Gasteiger partial charge in [0, 0.05) is 45.7 Å². The molecule has 0 aromatic heterocycles. The Bertz CT molecular complexity index is 745. The van der Waals surface area contributed by atoms with Crippen molar-refractivity contribution in [3.05, 3.63) is 71.3 Å². The van der Waals surface area contributed by atoms with E-state index in [0.717, 1.165) is 24.5 Å². The molecule has 2 aromatic rings. The van der Waals surface area contributed by atoms with Crippen molar-refractivity contribution in [2.24, 2.45) is 4.99 Å². The molecule has 2 rings (SSSR count). The molecule has 1 unspecified atom stereocenters. The highest BCUT2D eigenvalue weighted by atomic mass is 127. The molecule has 1 atom stereocenters. The average molecular weight is 494 g/mol. The van der Waals surface area contributed by atoms with Crippen LogP contribution in [0.1, 0.15) is 40.7 Å². The Balaban J connectivity index is 0.00000392. The molecule has 2 aromatic carbocycles. The molecule has 0 bridgehead atoms. The van der Waals surface area contributed by atoms with Gasteiger partial charge in [0.1, 0.15) is 0 Å². The van der Waals surface area contributed by atoms with Gasteiger partial charge in [0.25, 0.3) is 5.91 Å². The first-order valence-corrected chi connectivity index (χ1v) is 9.35. The first kappa shape index (κ1) is 23.9. The van der Waals surface area contributed by atoms with Gasteiger partial charge in [-0.25, -0.2) is 0 Å². The molecule has 0 spiro atoms. The number of hydrogen-bond acceptors (Lipinski definition) is 2. The van der Waals surface area contributed by atoms with E-state index in [0.29, 0.717) is 18.0 Å².